The molecule has 0 saturated carbocycles. The van der Waals surface area contributed by atoms with Gasteiger partial charge in [0.25, 0.3) is 0 Å². The van der Waals surface area contributed by atoms with Crippen LogP contribution in [0.2, 0.25) is 0 Å². The number of rotatable bonds is 28. The van der Waals surface area contributed by atoms with Crippen molar-refractivity contribution in [2.24, 2.45) is 0 Å². The maximum atomic E-state index is 12.2. The van der Waals surface area contributed by atoms with Crippen LogP contribution in [-0.4, -0.2) is 55.2 Å². The molecule has 0 aromatic rings. The van der Waals surface area contributed by atoms with Gasteiger partial charge < -0.3 is 4.74 Å². The van der Waals surface area contributed by atoms with Gasteiger partial charge in [0.1, 0.15) is 6.61 Å². The molecule has 1 rings (SSSR count). The first-order valence-electron chi connectivity index (χ1n) is 17.3. The average molecular weight is 537 g/mol. The molecule has 0 amide bonds. The van der Waals surface area contributed by atoms with Crippen molar-refractivity contribution >= 4 is 5.97 Å². The molecule has 0 spiro atoms. The summed E-state index contributed by atoms with van der Waals surface area (Å²) >= 11 is 0. The highest BCUT2D eigenvalue weighted by atomic mass is 16.5. The first-order valence-corrected chi connectivity index (χ1v) is 17.3. The maximum Gasteiger partial charge on any atom is 0.305 e. The van der Waals surface area contributed by atoms with E-state index in [-0.39, 0.29) is 5.97 Å². The molecule has 0 bridgehead atoms. The van der Waals surface area contributed by atoms with Gasteiger partial charge in [0.05, 0.1) is 6.17 Å². The lowest BCUT2D eigenvalue weighted by molar-refractivity contribution is -0.144. The number of hydrogen-bond donors (Lipinski definition) is 0. The Morgan fingerprint density at radius 3 is 1.50 bits per heavy atom. The van der Waals surface area contributed by atoms with E-state index < -0.39 is 0 Å². The SMILES string of the molecule is CCCCCCCCCCCCCCCC1N(C)CCN1CCOC(=O)CCCCCCCCCCCC. The second-order valence-electron chi connectivity index (χ2n) is 12.2. The molecule has 1 aliphatic heterocycles. The summed E-state index contributed by atoms with van der Waals surface area (Å²) in [5, 5.41) is 0. The fourth-order valence-corrected chi connectivity index (χ4v) is 5.98. The van der Waals surface area contributed by atoms with Crippen LogP contribution in [0.3, 0.4) is 0 Å². The van der Waals surface area contributed by atoms with Crippen LogP contribution in [0.1, 0.15) is 174 Å². The number of carbonyl (C=O) groups is 1. The predicted octanol–water partition coefficient (Wildman–Crippen LogP) is 9.90. The van der Waals surface area contributed by atoms with E-state index in [9.17, 15) is 4.79 Å². The standard InChI is InChI=1S/C34H68N2O2/c1-4-6-8-10-12-14-16-17-18-19-21-23-25-27-33-35(3)29-30-36(33)31-32-38-34(37)28-26-24-22-20-15-13-11-9-7-5-2/h33H,4-32H2,1-3H3. The van der Waals surface area contributed by atoms with Gasteiger partial charge in [-0.15, -0.1) is 0 Å². The Morgan fingerprint density at radius 1 is 0.605 bits per heavy atom. The minimum atomic E-state index is 0.00478. The summed E-state index contributed by atoms with van der Waals surface area (Å²) in [6, 6.07) is 0. The minimum absolute atomic E-state index is 0.00478. The van der Waals surface area contributed by atoms with Crippen molar-refractivity contribution in [3.05, 3.63) is 0 Å². The number of ether oxygens (including phenoxy) is 1. The maximum absolute atomic E-state index is 12.2. The first kappa shape index (κ1) is 35.4. The fourth-order valence-electron chi connectivity index (χ4n) is 5.98. The largest absolute Gasteiger partial charge is 0.464 e. The molecule has 0 radical (unpaired) electrons. The van der Waals surface area contributed by atoms with E-state index >= 15 is 0 Å². The molecule has 1 saturated heterocycles. The Balaban J connectivity index is 1.95. The van der Waals surface area contributed by atoms with Crippen LogP contribution in [0.15, 0.2) is 0 Å². The Hall–Kier alpha value is -0.610. The molecule has 0 N–H and O–H groups in total. The topological polar surface area (TPSA) is 32.8 Å². The Kier molecular flexibility index (Phi) is 24.8. The summed E-state index contributed by atoms with van der Waals surface area (Å²) < 4.78 is 5.59. The Bertz CT molecular complexity index is 513. The van der Waals surface area contributed by atoms with Gasteiger partial charge in [0.2, 0.25) is 0 Å². The summed E-state index contributed by atoms with van der Waals surface area (Å²) in [4.78, 5) is 17.2. The van der Waals surface area contributed by atoms with E-state index in [0.29, 0.717) is 19.2 Å². The lowest BCUT2D eigenvalue weighted by Gasteiger charge is -2.28. The second kappa shape index (κ2) is 26.6. The number of nitrogens with zero attached hydrogens (tertiary/aromatic N) is 2. The van der Waals surface area contributed by atoms with Crippen LogP contribution >= 0.6 is 0 Å². The molecule has 4 nitrogen and oxygen atoms in total. The quantitative estimate of drug-likeness (QED) is 0.0735. The highest BCUT2D eigenvalue weighted by Crippen LogP contribution is 2.20. The van der Waals surface area contributed by atoms with Crippen molar-refractivity contribution in [3.63, 3.8) is 0 Å². The third-order valence-corrected chi connectivity index (χ3v) is 8.61. The molecular formula is C34H68N2O2. The average Bonchev–Trinajstić information content (AvgIpc) is 3.26. The predicted molar refractivity (Wildman–Crippen MR) is 166 cm³/mol. The highest BCUT2D eigenvalue weighted by molar-refractivity contribution is 5.69. The van der Waals surface area contributed by atoms with E-state index in [2.05, 4.69) is 30.7 Å². The molecule has 0 aliphatic carbocycles. The van der Waals surface area contributed by atoms with E-state index in [4.69, 9.17) is 4.74 Å². The number of likely N-dealkylation sites (N-methyl/N-ethyl adjacent to an activating group) is 1. The zero-order valence-electron chi connectivity index (χ0n) is 26.3. The molecule has 1 aliphatic rings. The van der Waals surface area contributed by atoms with E-state index in [1.165, 1.54) is 148 Å². The third kappa shape index (κ3) is 20.3. The summed E-state index contributed by atoms with van der Waals surface area (Å²) in [6.45, 7) is 8.25. The monoisotopic (exact) mass is 537 g/mol. The summed E-state index contributed by atoms with van der Waals surface area (Å²) in [5.74, 6) is 0.00478. The van der Waals surface area contributed by atoms with Crippen molar-refractivity contribution in [3.8, 4) is 0 Å². The Labute approximate surface area is 239 Å². The van der Waals surface area contributed by atoms with Gasteiger partial charge in [-0.2, -0.15) is 0 Å². The van der Waals surface area contributed by atoms with Crippen molar-refractivity contribution in [2.75, 3.05) is 33.3 Å². The number of esters is 1. The highest BCUT2D eigenvalue weighted by Gasteiger charge is 2.28. The molecule has 226 valence electrons. The molecule has 4 heteroatoms. The van der Waals surface area contributed by atoms with Crippen molar-refractivity contribution < 1.29 is 9.53 Å². The van der Waals surface area contributed by atoms with Gasteiger partial charge >= 0.3 is 5.97 Å². The van der Waals surface area contributed by atoms with Gasteiger partial charge in [0, 0.05) is 26.1 Å². The number of unbranched alkanes of at least 4 members (excludes halogenated alkanes) is 21. The van der Waals surface area contributed by atoms with Crippen molar-refractivity contribution in [1.82, 2.24) is 9.80 Å². The fraction of sp³-hybridized carbons (Fsp3) is 0.971. The first-order chi connectivity index (χ1) is 18.7. The summed E-state index contributed by atoms with van der Waals surface area (Å²) in [6.07, 6.45) is 33.7. The van der Waals surface area contributed by atoms with Crippen LogP contribution in [0.4, 0.5) is 0 Å². The van der Waals surface area contributed by atoms with Crippen LogP contribution in [0, 0.1) is 0 Å². The molecule has 1 unspecified atom stereocenters. The smallest absolute Gasteiger partial charge is 0.305 e. The lowest BCUT2D eigenvalue weighted by atomic mass is 10.0. The van der Waals surface area contributed by atoms with Gasteiger partial charge in [-0.1, -0.05) is 155 Å². The number of carbonyl (C=O) groups excluding carboxylic acids is 1. The normalized spacial score (nSPS) is 16.4. The molecule has 1 heterocycles. The van der Waals surface area contributed by atoms with Gasteiger partial charge in [-0.25, -0.2) is 0 Å². The molecule has 0 aromatic heterocycles. The molecule has 38 heavy (non-hydrogen) atoms. The van der Waals surface area contributed by atoms with E-state index in [1.807, 2.05) is 0 Å². The van der Waals surface area contributed by atoms with E-state index in [1.54, 1.807) is 0 Å². The van der Waals surface area contributed by atoms with Gasteiger partial charge in [-0.05, 0) is 19.9 Å². The van der Waals surface area contributed by atoms with E-state index in [0.717, 1.165) is 26.1 Å². The van der Waals surface area contributed by atoms with Gasteiger partial charge in [0.15, 0.2) is 0 Å². The zero-order valence-corrected chi connectivity index (χ0v) is 26.3. The zero-order chi connectivity index (χ0) is 27.5. The van der Waals surface area contributed by atoms with Crippen LogP contribution < -0.4 is 0 Å². The minimum Gasteiger partial charge on any atom is -0.464 e. The summed E-state index contributed by atoms with van der Waals surface area (Å²) in [5.41, 5.74) is 0. The summed E-state index contributed by atoms with van der Waals surface area (Å²) in [7, 11) is 2.25. The molecule has 1 fully saturated rings. The second-order valence-corrected chi connectivity index (χ2v) is 12.2. The lowest BCUT2D eigenvalue weighted by Crippen LogP contribution is -2.38. The Morgan fingerprint density at radius 2 is 1.03 bits per heavy atom. The van der Waals surface area contributed by atoms with Crippen molar-refractivity contribution in [1.29, 1.82) is 0 Å². The third-order valence-electron chi connectivity index (χ3n) is 8.61. The van der Waals surface area contributed by atoms with Crippen molar-refractivity contribution in [2.45, 2.75) is 181 Å². The van der Waals surface area contributed by atoms with Crippen LogP contribution in [-0.2, 0) is 9.53 Å². The molecule has 1 atom stereocenters. The van der Waals surface area contributed by atoms with Gasteiger partial charge in [-0.3, -0.25) is 14.6 Å². The van der Waals surface area contributed by atoms with Crippen LogP contribution in [0.25, 0.3) is 0 Å². The number of hydrogen-bond acceptors (Lipinski definition) is 4. The molecule has 0 aromatic carbocycles. The molecular weight excluding hydrogens is 468 g/mol. The van der Waals surface area contributed by atoms with Crippen LogP contribution in [0.5, 0.6) is 0 Å².